The maximum Gasteiger partial charge on any atom is 0.106 e. The first-order chi connectivity index (χ1) is 14.7. The highest BCUT2D eigenvalue weighted by Gasteiger charge is 2.68. The molecule has 2 aromatic rings. The van der Waals surface area contributed by atoms with Gasteiger partial charge in [0.25, 0.3) is 0 Å². The number of quaternary nitrogens is 1. The summed E-state index contributed by atoms with van der Waals surface area (Å²) < 4.78 is 1.16. The summed E-state index contributed by atoms with van der Waals surface area (Å²) in [5.74, 6) is 0.454. The lowest BCUT2D eigenvalue weighted by molar-refractivity contribution is -0.923. The lowest BCUT2D eigenvalue weighted by Crippen LogP contribution is -2.63. The fraction of sp³-hybridized carbons (Fsp3) is 0.346. The van der Waals surface area contributed by atoms with Crippen molar-refractivity contribution in [3.05, 3.63) is 83.6 Å². The first-order valence-corrected chi connectivity index (χ1v) is 11.1. The van der Waals surface area contributed by atoms with Crippen molar-refractivity contribution in [3.63, 3.8) is 0 Å². The number of allylic oxidation sites excluding steroid dienone is 2. The number of anilines is 1. The van der Waals surface area contributed by atoms with Gasteiger partial charge in [-0.2, -0.15) is 0 Å². The molecule has 4 nitrogen and oxygen atoms in total. The third-order valence-electron chi connectivity index (χ3n) is 8.07. The van der Waals surface area contributed by atoms with Gasteiger partial charge in [0.15, 0.2) is 0 Å². The summed E-state index contributed by atoms with van der Waals surface area (Å²) in [6.07, 6.45) is 6.95. The van der Waals surface area contributed by atoms with Crippen molar-refractivity contribution in [2.45, 2.75) is 31.2 Å². The number of nitrogens with one attached hydrogen (secondary N) is 2. The number of nitrogens with zero attached hydrogens (tertiary/aromatic N) is 2. The predicted octanol–water partition coefficient (Wildman–Crippen LogP) is 4.71. The molecule has 1 saturated carbocycles. The quantitative estimate of drug-likeness (QED) is 0.447. The number of likely N-dealkylation sites (N-methyl/N-ethyl adjacent to an activating group) is 1. The van der Waals surface area contributed by atoms with Crippen molar-refractivity contribution < 1.29 is 4.48 Å². The van der Waals surface area contributed by atoms with E-state index >= 15 is 0 Å². The highest BCUT2D eigenvalue weighted by Crippen LogP contribution is 2.61. The molecule has 1 spiro atoms. The van der Waals surface area contributed by atoms with Crippen molar-refractivity contribution in [2.75, 3.05) is 25.6 Å². The molecule has 2 unspecified atom stereocenters. The van der Waals surface area contributed by atoms with Gasteiger partial charge < -0.3 is 15.3 Å². The number of hydrogen-bond donors (Lipinski definition) is 2. The van der Waals surface area contributed by atoms with E-state index in [0.29, 0.717) is 12.0 Å². The summed E-state index contributed by atoms with van der Waals surface area (Å²) in [6.45, 7) is 4.59. The molecule has 1 aliphatic carbocycles. The summed E-state index contributed by atoms with van der Waals surface area (Å²) in [5.41, 5.74) is 14.8. The zero-order valence-corrected chi connectivity index (χ0v) is 17.7. The molecule has 2 aromatic carbocycles. The fourth-order valence-corrected chi connectivity index (χ4v) is 6.71. The van der Waals surface area contributed by atoms with Crippen LogP contribution < -0.4 is 10.9 Å². The van der Waals surface area contributed by atoms with Gasteiger partial charge >= 0.3 is 0 Å². The number of benzene rings is 2. The van der Waals surface area contributed by atoms with Crippen LogP contribution in [-0.4, -0.2) is 36.4 Å². The molecule has 2 N–H and O–H groups in total. The summed E-state index contributed by atoms with van der Waals surface area (Å²) in [4.78, 5) is 5.28. The zero-order valence-electron chi connectivity index (χ0n) is 17.7. The van der Waals surface area contributed by atoms with Gasteiger partial charge in [0.05, 0.1) is 36.1 Å². The van der Waals surface area contributed by atoms with Crippen LogP contribution in [0.2, 0.25) is 0 Å². The summed E-state index contributed by atoms with van der Waals surface area (Å²) in [6, 6.07) is 19.8. The Kier molecular flexibility index (Phi) is 3.79. The highest BCUT2D eigenvalue weighted by atomic mass is 15.4. The van der Waals surface area contributed by atoms with Gasteiger partial charge in [0.1, 0.15) is 12.6 Å². The summed E-state index contributed by atoms with van der Waals surface area (Å²) in [7, 11) is 2.47. The van der Waals surface area contributed by atoms with Crippen molar-refractivity contribution in [1.29, 1.82) is 0 Å². The van der Waals surface area contributed by atoms with Gasteiger partial charge in [-0.05, 0) is 41.8 Å². The molecule has 2 saturated heterocycles. The molecule has 6 rings (SSSR count). The fourth-order valence-electron chi connectivity index (χ4n) is 6.71. The number of piperidine rings is 1. The number of hydrazine groups is 1. The Labute approximate surface area is 178 Å². The third kappa shape index (κ3) is 2.28. The first kappa shape index (κ1) is 18.0. The Morgan fingerprint density at radius 2 is 1.90 bits per heavy atom. The highest BCUT2D eigenvalue weighted by molar-refractivity contribution is 6.14. The van der Waals surface area contributed by atoms with Crippen LogP contribution in [0.25, 0.3) is 0 Å². The van der Waals surface area contributed by atoms with Crippen molar-refractivity contribution in [3.8, 4) is 0 Å². The number of rotatable bonds is 3. The molecule has 0 aromatic heterocycles. The largest absolute Gasteiger partial charge is 0.319 e. The molecule has 2 bridgehead atoms. The Hall–Kier alpha value is -2.85. The van der Waals surface area contributed by atoms with Gasteiger partial charge in [0, 0.05) is 25.0 Å². The molecule has 152 valence electrons. The van der Waals surface area contributed by atoms with Gasteiger partial charge in [-0.15, -0.1) is 0 Å². The third-order valence-corrected chi connectivity index (χ3v) is 8.07. The molecule has 4 heteroatoms. The van der Waals surface area contributed by atoms with E-state index in [1.807, 2.05) is 18.2 Å². The van der Waals surface area contributed by atoms with Gasteiger partial charge in [0.2, 0.25) is 0 Å². The van der Waals surface area contributed by atoms with Crippen LogP contribution in [0.4, 0.5) is 11.4 Å². The number of aliphatic imine (C=N–C) groups is 1. The second kappa shape index (κ2) is 6.32. The summed E-state index contributed by atoms with van der Waals surface area (Å²) in [5, 5.41) is 0. The van der Waals surface area contributed by atoms with E-state index in [0.717, 1.165) is 16.7 Å². The molecule has 30 heavy (non-hydrogen) atoms. The van der Waals surface area contributed by atoms with Crippen LogP contribution in [-0.2, 0) is 5.41 Å². The lowest BCUT2D eigenvalue weighted by atomic mass is 9.58. The minimum Gasteiger partial charge on any atom is -0.319 e. The van der Waals surface area contributed by atoms with Crippen LogP contribution >= 0.6 is 0 Å². The average Bonchev–Trinajstić information content (AvgIpc) is 3.29. The predicted molar refractivity (Wildman–Crippen MR) is 123 cm³/mol. The Morgan fingerprint density at radius 1 is 1.10 bits per heavy atom. The van der Waals surface area contributed by atoms with Crippen molar-refractivity contribution >= 4 is 17.1 Å². The van der Waals surface area contributed by atoms with Crippen LogP contribution in [0, 0.1) is 5.92 Å². The maximum absolute atomic E-state index is 5.28. The standard InChI is InChI=1S/C26H29N4/c1-3-18-17-30(2)14-13-26-22-11-7-8-12-23(22)28-25(26)21(20(18)15-24(26)30)16-27-29-19-9-5-4-6-10-19/h3-12,16,20,24,27,29H,13-15,17H2,1-2H3/q+1/b18-3-,21-16+/t20-,24-,26?,30?/m0/s1. The van der Waals surface area contributed by atoms with Gasteiger partial charge in [-0.1, -0.05) is 42.5 Å². The number of fused-ring (bicyclic) bond motifs is 2. The molecular formula is C26H29N4+. The van der Waals surface area contributed by atoms with Crippen molar-refractivity contribution in [1.82, 2.24) is 5.43 Å². The smallest absolute Gasteiger partial charge is 0.106 e. The van der Waals surface area contributed by atoms with Crippen molar-refractivity contribution in [2.24, 2.45) is 10.9 Å². The molecule has 0 amide bonds. The minimum atomic E-state index is 0.0708. The lowest BCUT2D eigenvalue weighted by Gasteiger charge is -2.52. The van der Waals surface area contributed by atoms with E-state index in [2.05, 4.69) is 73.5 Å². The van der Waals surface area contributed by atoms with Gasteiger partial charge in [-0.3, -0.25) is 4.99 Å². The molecular weight excluding hydrogens is 368 g/mol. The Bertz CT molecular complexity index is 1100. The van der Waals surface area contributed by atoms with Crippen LogP contribution in [0.3, 0.4) is 0 Å². The molecule has 4 atom stereocenters. The zero-order chi connectivity index (χ0) is 20.3. The second-order valence-electron chi connectivity index (χ2n) is 9.46. The Balaban J connectivity index is 1.46. The summed E-state index contributed by atoms with van der Waals surface area (Å²) >= 11 is 0. The van der Waals surface area contributed by atoms with E-state index in [1.54, 1.807) is 5.57 Å². The minimum absolute atomic E-state index is 0.0708. The SMILES string of the molecule is C/C=C1/C[N+]2(C)CCC34C(=Nc5ccccc53)/C(=C/NNc3ccccc3)[C@H]1C[C@@H]42. The van der Waals surface area contributed by atoms with E-state index in [-0.39, 0.29) is 5.41 Å². The first-order valence-electron chi connectivity index (χ1n) is 11.1. The Morgan fingerprint density at radius 3 is 2.73 bits per heavy atom. The monoisotopic (exact) mass is 397 g/mol. The topological polar surface area (TPSA) is 36.4 Å². The van der Waals surface area contributed by atoms with E-state index in [9.17, 15) is 0 Å². The van der Waals surface area contributed by atoms with Gasteiger partial charge in [-0.25, -0.2) is 0 Å². The molecule has 4 aliphatic rings. The second-order valence-corrected chi connectivity index (χ2v) is 9.46. The van der Waals surface area contributed by atoms with E-state index in [4.69, 9.17) is 4.99 Å². The number of para-hydroxylation sites is 2. The van der Waals surface area contributed by atoms with E-state index in [1.165, 1.54) is 41.9 Å². The van der Waals surface area contributed by atoms with Crippen LogP contribution in [0.15, 0.2) is 83.0 Å². The maximum atomic E-state index is 5.28. The molecule has 3 fully saturated rings. The average molecular weight is 398 g/mol. The number of hydrogen-bond acceptors (Lipinski definition) is 3. The van der Waals surface area contributed by atoms with Crippen LogP contribution in [0.5, 0.6) is 0 Å². The molecule has 0 radical (unpaired) electrons. The molecule has 3 aliphatic heterocycles. The molecule has 3 heterocycles. The van der Waals surface area contributed by atoms with Crippen LogP contribution in [0.1, 0.15) is 25.3 Å². The normalized spacial score (nSPS) is 35.7. The van der Waals surface area contributed by atoms with E-state index < -0.39 is 0 Å².